The van der Waals surface area contributed by atoms with Gasteiger partial charge in [0.25, 0.3) is 0 Å². The van der Waals surface area contributed by atoms with Gasteiger partial charge in [0.2, 0.25) is 0 Å². The molecule has 0 atom stereocenters. The van der Waals surface area contributed by atoms with Crippen LogP contribution < -0.4 is 5.32 Å². The zero-order chi connectivity index (χ0) is 9.38. The standard InChI is InChI=1S/C11H17N3/c1-2-9(3-1)11-8-10-4-5-12-6-7-14(10)13-11/h8-9,12H,1-7H2. The van der Waals surface area contributed by atoms with Crippen LogP contribution in [0.25, 0.3) is 0 Å². The molecule has 0 spiro atoms. The first-order valence-corrected chi connectivity index (χ1v) is 5.71. The number of nitrogens with zero attached hydrogens (tertiary/aromatic N) is 2. The van der Waals surface area contributed by atoms with Crippen molar-refractivity contribution in [1.82, 2.24) is 15.1 Å². The zero-order valence-corrected chi connectivity index (χ0v) is 8.50. The van der Waals surface area contributed by atoms with Crippen molar-refractivity contribution in [1.29, 1.82) is 0 Å². The maximum atomic E-state index is 4.71. The van der Waals surface area contributed by atoms with Crippen LogP contribution in [-0.2, 0) is 13.0 Å². The lowest BCUT2D eigenvalue weighted by Crippen LogP contribution is -2.18. The fourth-order valence-electron chi connectivity index (χ4n) is 2.30. The van der Waals surface area contributed by atoms with Crippen molar-refractivity contribution in [3.63, 3.8) is 0 Å². The lowest BCUT2D eigenvalue weighted by molar-refractivity contribution is 0.405. The Morgan fingerprint density at radius 2 is 2.29 bits per heavy atom. The second-order valence-electron chi connectivity index (χ2n) is 4.41. The molecule has 0 radical (unpaired) electrons. The second kappa shape index (κ2) is 3.39. The van der Waals surface area contributed by atoms with Crippen LogP contribution in [0.15, 0.2) is 6.07 Å². The molecule has 1 fully saturated rings. The van der Waals surface area contributed by atoms with E-state index in [9.17, 15) is 0 Å². The highest BCUT2D eigenvalue weighted by atomic mass is 15.3. The minimum Gasteiger partial charge on any atom is -0.315 e. The van der Waals surface area contributed by atoms with E-state index in [0.29, 0.717) is 0 Å². The van der Waals surface area contributed by atoms with E-state index >= 15 is 0 Å². The molecule has 0 saturated heterocycles. The molecule has 0 unspecified atom stereocenters. The van der Waals surface area contributed by atoms with Crippen molar-refractivity contribution in [2.75, 3.05) is 13.1 Å². The fourth-order valence-corrected chi connectivity index (χ4v) is 2.30. The maximum absolute atomic E-state index is 4.71. The SMILES string of the molecule is c1c(C2CCC2)nn2c1CCNCC2. The van der Waals surface area contributed by atoms with Gasteiger partial charge in [-0.1, -0.05) is 6.42 Å². The molecule has 1 saturated carbocycles. The van der Waals surface area contributed by atoms with Gasteiger partial charge in [-0.3, -0.25) is 4.68 Å². The van der Waals surface area contributed by atoms with Crippen molar-refractivity contribution in [2.45, 2.75) is 38.1 Å². The van der Waals surface area contributed by atoms with E-state index in [2.05, 4.69) is 16.1 Å². The minimum atomic E-state index is 0.780. The summed E-state index contributed by atoms with van der Waals surface area (Å²) in [4.78, 5) is 0. The van der Waals surface area contributed by atoms with E-state index in [0.717, 1.165) is 32.0 Å². The highest BCUT2D eigenvalue weighted by Crippen LogP contribution is 2.35. The van der Waals surface area contributed by atoms with Crippen molar-refractivity contribution in [2.24, 2.45) is 0 Å². The topological polar surface area (TPSA) is 29.9 Å². The first-order chi connectivity index (χ1) is 6.93. The molecule has 3 heteroatoms. The van der Waals surface area contributed by atoms with E-state index in [1.807, 2.05) is 0 Å². The predicted molar refractivity (Wildman–Crippen MR) is 55.4 cm³/mol. The summed E-state index contributed by atoms with van der Waals surface area (Å²) in [6.07, 6.45) is 5.25. The van der Waals surface area contributed by atoms with Gasteiger partial charge in [0.05, 0.1) is 12.2 Å². The van der Waals surface area contributed by atoms with Gasteiger partial charge in [0.15, 0.2) is 0 Å². The normalized spacial score (nSPS) is 22.6. The summed E-state index contributed by atoms with van der Waals surface area (Å²) in [5.74, 6) is 0.780. The predicted octanol–water partition coefficient (Wildman–Crippen LogP) is 1.30. The summed E-state index contributed by atoms with van der Waals surface area (Å²) >= 11 is 0. The minimum absolute atomic E-state index is 0.780. The number of fused-ring (bicyclic) bond motifs is 1. The lowest BCUT2D eigenvalue weighted by atomic mass is 9.83. The third-order valence-corrected chi connectivity index (χ3v) is 3.46. The van der Waals surface area contributed by atoms with E-state index < -0.39 is 0 Å². The Labute approximate surface area is 84.5 Å². The van der Waals surface area contributed by atoms with Gasteiger partial charge in [-0.15, -0.1) is 0 Å². The molecule has 1 aliphatic heterocycles. The Bertz CT molecular complexity index is 302. The molecule has 3 nitrogen and oxygen atoms in total. The number of hydrogen-bond acceptors (Lipinski definition) is 2. The Morgan fingerprint density at radius 1 is 1.36 bits per heavy atom. The Morgan fingerprint density at radius 3 is 3.07 bits per heavy atom. The monoisotopic (exact) mass is 191 g/mol. The number of hydrogen-bond donors (Lipinski definition) is 1. The third-order valence-electron chi connectivity index (χ3n) is 3.46. The summed E-state index contributed by atoms with van der Waals surface area (Å²) in [6.45, 7) is 3.22. The van der Waals surface area contributed by atoms with Crippen LogP contribution in [0, 0.1) is 0 Å². The molecular formula is C11H17N3. The molecule has 0 amide bonds. The van der Waals surface area contributed by atoms with Crippen molar-refractivity contribution < 1.29 is 0 Å². The Kier molecular flexibility index (Phi) is 2.05. The van der Waals surface area contributed by atoms with Crippen LogP contribution in [0.5, 0.6) is 0 Å². The average Bonchev–Trinajstić information content (AvgIpc) is 2.34. The molecule has 0 aromatic carbocycles. The molecule has 0 bridgehead atoms. The third kappa shape index (κ3) is 1.36. The molecule has 1 aromatic rings. The summed E-state index contributed by atoms with van der Waals surface area (Å²) in [5, 5.41) is 8.11. The summed E-state index contributed by atoms with van der Waals surface area (Å²) in [6, 6.07) is 2.33. The highest BCUT2D eigenvalue weighted by molar-refractivity contribution is 5.17. The Hall–Kier alpha value is -0.830. The molecule has 14 heavy (non-hydrogen) atoms. The zero-order valence-electron chi connectivity index (χ0n) is 8.50. The second-order valence-corrected chi connectivity index (χ2v) is 4.41. The molecule has 3 rings (SSSR count). The molecule has 1 aromatic heterocycles. The molecule has 76 valence electrons. The summed E-state index contributed by atoms with van der Waals surface area (Å²) in [5.41, 5.74) is 2.78. The summed E-state index contributed by atoms with van der Waals surface area (Å²) in [7, 11) is 0. The van der Waals surface area contributed by atoms with Crippen LogP contribution in [0.4, 0.5) is 0 Å². The van der Waals surface area contributed by atoms with Gasteiger partial charge < -0.3 is 5.32 Å². The van der Waals surface area contributed by atoms with E-state index in [1.165, 1.54) is 30.7 Å². The molecule has 1 aliphatic carbocycles. The van der Waals surface area contributed by atoms with Gasteiger partial charge in [0.1, 0.15) is 0 Å². The van der Waals surface area contributed by atoms with Crippen molar-refractivity contribution >= 4 is 0 Å². The largest absolute Gasteiger partial charge is 0.315 e. The van der Waals surface area contributed by atoms with Gasteiger partial charge >= 0.3 is 0 Å². The van der Waals surface area contributed by atoms with Crippen LogP contribution >= 0.6 is 0 Å². The van der Waals surface area contributed by atoms with E-state index in [1.54, 1.807) is 0 Å². The van der Waals surface area contributed by atoms with Crippen LogP contribution in [0.2, 0.25) is 0 Å². The number of nitrogens with one attached hydrogen (secondary N) is 1. The summed E-state index contributed by atoms with van der Waals surface area (Å²) < 4.78 is 2.20. The molecule has 2 heterocycles. The van der Waals surface area contributed by atoms with Gasteiger partial charge in [-0.2, -0.15) is 5.10 Å². The van der Waals surface area contributed by atoms with Gasteiger partial charge in [-0.25, -0.2) is 0 Å². The molecule has 1 N–H and O–H groups in total. The van der Waals surface area contributed by atoms with E-state index in [4.69, 9.17) is 5.10 Å². The first-order valence-electron chi connectivity index (χ1n) is 5.71. The van der Waals surface area contributed by atoms with Gasteiger partial charge in [0, 0.05) is 31.1 Å². The first kappa shape index (κ1) is 8.48. The highest BCUT2D eigenvalue weighted by Gasteiger charge is 2.23. The average molecular weight is 191 g/mol. The Balaban J connectivity index is 1.86. The lowest BCUT2D eigenvalue weighted by Gasteiger charge is -2.22. The maximum Gasteiger partial charge on any atom is 0.0658 e. The van der Waals surface area contributed by atoms with Gasteiger partial charge in [-0.05, 0) is 18.9 Å². The van der Waals surface area contributed by atoms with Crippen LogP contribution in [-0.4, -0.2) is 22.9 Å². The number of aromatic nitrogens is 2. The smallest absolute Gasteiger partial charge is 0.0658 e. The van der Waals surface area contributed by atoms with E-state index in [-0.39, 0.29) is 0 Å². The molecule has 2 aliphatic rings. The quantitative estimate of drug-likeness (QED) is 0.725. The molecular weight excluding hydrogens is 174 g/mol. The van der Waals surface area contributed by atoms with Crippen LogP contribution in [0.1, 0.15) is 36.6 Å². The number of rotatable bonds is 1. The van der Waals surface area contributed by atoms with Crippen molar-refractivity contribution in [3.8, 4) is 0 Å². The van der Waals surface area contributed by atoms with Crippen LogP contribution in [0.3, 0.4) is 0 Å². The van der Waals surface area contributed by atoms with Crippen molar-refractivity contribution in [3.05, 3.63) is 17.5 Å². The fraction of sp³-hybridized carbons (Fsp3) is 0.727.